The van der Waals surface area contributed by atoms with Crippen LogP contribution < -0.4 is 4.90 Å². The number of esters is 1. The lowest BCUT2D eigenvalue weighted by Crippen LogP contribution is -2.49. The minimum absolute atomic E-state index is 0.308. The van der Waals surface area contributed by atoms with Crippen molar-refractivity contribution in [3.63, 3.8) is 0 Å². The molecule has 1 aliphatic carbocycles. The molecule has 1 fully saturated rings. The van der Waals surface area contributed by atoms with Gasteiger partial charge < -0.3 is 14.7 Å². The highest BCUT2D eigenvalue weighted by molar-refractivity contribution is 5.86. The summed E-state index contributed by atoms with van der Waals surface area (Å²) in [4.78, 5) is 14.0. The van der Waals surface area contributed by atoms with Crippen molar-refractivity contribution in [2.24, 2.45) is 0 Å². The first-order valence-electron chi connectivity index (χ1n) is 12.1. The van der Waals surface area contributed by atoms with Crippen LogP contribution in [0, 0.1) is 0 Å². The summed E-state index contributed by atoms with van der Waals surface area (Å²) in [6.45, 7) is 3.13. The number of fused-ring (bicyclic) bond motifs is 1. The van der Waals surface area contributed by atoms with Gasteiger partial charge in [0.15, 0.2) is 0 Å². The number of anilines is 1. The van der Waals surface area contributed by atoms with Crippen molar-refractivity contribution in [2.45, 2.75) is 44.1 Å². The zero-order valence-corrected chi connectivity index (χ0v) is 19.8. The Hall–Kier alpha value is -3.53. The van der Waals surface area contributed by atoms with Crippen molar-refractivity contribution < 1.29 is 14.6 Å². The van der Waals surface area contributed by atoms with E-state index in [4.69, 9.17) is 4.74 Å². The van der Waals surface area contributed by atoms with Crippen molar-refractivity contribution in [3.8, 4) is 5.75 Å². The van der Waals surface area contributed by atoms with E-state index in [0.29, 0.717) is 5.75 Å². The average molecular weight is 454 g/mol. The summed E-state index contributed by atoms with van der Waals surface area (Å²) in [7, 11) is 1.38. The van der Waals surface area contributed by atoms with Crippen LogP contribution in [0.1, 0.15) is 59.9 Å². The molecule has 1 N–H and O–H groups in total. The lowest BCUT2D eigenvalue weighted by atomic mass is 9.76. The molecular formula is C30H31NO3. The molecule has 1 heterocycles. The van der Waals surface area contributed by atoms with Crippen LogP contribution in [-0.4, -0.2) is 24.7 Å². The van der Waals surface area contributed by atoms with E-state index < -0.39 is 5.54 Å². The number of methoxy groups -OCH3 is 1. The number of hydrogen-bond donors (Lipinski definition) is 1. The number of hydrogen-bond acceptors (Lipinski definition) is 4. The molecule has 0 amide bonds. The third-order valence-corrected chi connectivity index (χ3v) is 7.63. The fourth-order valence-corrected chi connectivity index (χ4v) is 5.38. The Morgan fingerprint density at radius 3 is 2.44 bits per heavy atom. The molecule has 1 saturated carbocycles. The molecule has 2 aliphatic rings. The Morgan fingerprint density at radius 2 is 1.79 bits per heavy atom. The molecule has 1 atom stereocenters. The molecule has 1 unspecified atom stereocenters. The van der Waals surface area contributed by atoms with Gasteiger partial charge >= 0.3 is 5.97 Å². The zero-order chi connectivity index (χ0) is 23.7. The highest BCUT2D eigenvalue weighted by Crippen LogP contribution is 2.45. The molecule has 0 spiro atoms. The smallest absolute Gasteiger partial charge is 0.330 e. The molecule has 0 bridgehead atoms. The Kier molecular flexibility index (Phi) is 5.91. The fourth-order valence-electron chi connectivity index (χ4n) is 5.38. The van der Waals surface area contributed by atoms with E-state index in [9.17, 15) is 9.90 Å². The number of phenols is 1. The second-order valence-electron chi connectivity index (χ2n) is 9.51. The second-order valence-corrected chi connectivity index (χ2v) is 9.51. The van der Waals surface area contributed by atoms with Crippen LogP contribution in [0.2, 0.25) is 0 Å². The Morgan fingerprint density at radius 1 is 1.06 bits per heavy atom. The van der Waals surface area contributed by atoms with Gasteiger partial charge in [-0.15, -0.1) is 0 Å². The predicted molar refractivity (Wildman–Crippen MR) is 136 cm³/mol. The van der Waals surface area contributed by atoms with Crippen molar-refractivity contribution >= 4 is 17.7 Å². The number of aromatic hydroxyl groups is 1. The maximum atomic E-state index is 11.5. The first-order chi connectivity index (χ1) is 16.5. The van der Waals surface area contributed by atoms with Gasteiger partial charge in [-0.3, -0.25) is 0 Å². The Labute approximate surface area is 201 Å². The SMILES string of the molecule is COC(=O)/C=C/c1ccc(C2(C)c3ccc(O)cc3CCN2c2ccc(C3CCC3)cc2)cc1. The molecular weight excluding hydrogens is 422 g/mol. The van der Waals surface area contributed by atoms with Gasteiger partial charge in [-0.2, -0.15) is 0 Å². The molecule has 0 saturated heterocycles. The standard InChI is InChI=1S/C30H31NO3/c1-30(25-11-6-21(7-12-25)8-17-29(33)34-2)28-16-15-27(32)20-24(28)18-19-31(30)26-13-9-23(10-14-26)22-4-3-5-22/h6-17,20,22,32H,3-5,18-19H2,1-2H3/b17-8+. The summed E-state index contributed by atoms with van der Waals surface area (Å²) >= 11 is 0. The highest BCUT2D eigenvalue weighted by Gasteiger charge is 2.40. The summed E-state index contributed by atoms with van der Waals surface area (Å²) in [6, 6.07) is 23.2. The number of carbonyl (C=O) groups excluding carboxylic acids is 1. The van der Waals surface area contributed by atoms with Crippen LogP contribution in [0.5, 0.6) is 5.75 Å². The number of ether oxygens (including phenoxy) is 1. The largest absolute Gasteiger partial charge is 0.508 e. The van der Waals surface area contributed by atoms with E-state index in [1.54, 1.807) is 12.1 Å². The fraction of sp³-hybridized carbons (Fsp3) is 0.300. The third-order valence-electron chi connectivity index (χ3n) is 7.63. The number of nitrogens with zero attached hydrogens (tertiary/aromatic N) is 1. The molecule has 5 rings (SSSR count). The number of benzene rings is 3. The van der Waals surface area contributed by atoms with Crippen LogP contribution in [0.4, 0.5) is 5.69 Å². The summed E-state index contributed by atoms with van der Waals surface area (Å²) in [5.74, 6) is 0.660. The molecule has 1 aliphatic heterocycles. The first-order valence-corrected chi connectivity index (χ1v) is 12.1. The van der Waals surface area contributed by atoms with Crippen LogP contribution in [-0.2, 0) is 21.5 Å². The lowest BCUT2D eigenvalue weighted by molar-refractivity contribution is -0.134. The van der Waals surface area contributed by atoms with Crippen molar-refractivity contribution in [3.05, 3.63) is 101 Å². The molecule has 0 aromatic heterocycles. The monoisotopic (exact) mass is 453 g/mol. The van der Waals surface area contributed by atoms with E-state index >= 15 is 0 Å². The van der Waals surface area contributed by atoms with Gasteiger partial charge in [0.05, 0.1) is 12.6 Å². The number of phenolic OH excluding ortho intramolecular Hbond substituents is 1. The maximum Gasteiger partial charge on any atom is 0.330 e. The van der Waals surface area contributed by atoms with Crippen LogP contribution >= 0.6 is 0 Å². The maximum absolute atomic E-state index is 11.5. The van der Waals surface area contributed by atoms with Crippen LogP contribution in [0.3, 0.4) is 0 Å². The van der Waals surface area contributed by atoms with Gasteiger partial charge in [0.1, 0.15) is 5.75 Å². The molecule has 3 aromatic rings. The summed E-state index contributed by atoms with van der Waals surface area (Å²) in [5, 5.41) is 10.1. The molecule has 34 heavy (non-hydrogen) atoms. The Balaban J connectivity index is 1.54. The van der Waals surface area contributed by atoms with E-state index in [-0.39, 0.29) is 5.97 Å². The third kappa shape index (κ3) is 3.98. The minimum Gasteiger partial charge on any atom is -0.508 e. The van der Waals surface area contributed by atoms with Gasteiger partial charge in [-0.1, -0.05) is 48.9 Å². The minimum atomic E-state index is -0.399. The second kappa shape index (κ2) is 9.02. The van der Waals surface area contributed by atoms with Crippen molar-refractivity contribution in [1.82, 2.24) is 0 Å². The number of rotatable bonds is 5. The van der Waals surface area contributed by atoms with Crippen LogP contribution in [0.25, 0.3) is 6.08 Å². The topological polar surface area (TPSA) is 49.8 Å². The van der Waals surface area contributed by atoms with Gasteiger partial charge in [-0.05, 0) is 90.3 Å². The normalized spacial score (nSPS) is 20.1. The van der Waals surface area contributed by atoms with E-state index in [2.05, 4.69) is 54.3 Å². The average Bonchev–Trinajstić information content (AvgIpc) is 2.82. The predicted octanol–water partition coefficient (Wildman–Crippen LogP) is 6.17. The van der Waals surface area contributed by atoms with E-state index in [0.717, 1.165) is 30.0 Å². The summed E-state index contributed by atoms with van der Waals surface area (Å²) < 4.78 is 4.70. The highest BCUT2D eigenvalue weighted by atomic mass is 16.5. The summed E-state index contributed by atoms with van der Waals surface area (Å²) in [5.41, 5.74) is 6.74. The quantitative estimate of drug-likeness (QED) is 0.371. The van der Waals surface area contributed by atoms with Crippen molar-refractivity contribution in [2.75, 3.05) is 18.6 Å². The lowest BCUT2D eigenvalue weighted by Gasteiger charge is -2.48. The molecule has 4 nitrogen and oxygen atoms in total. The van der Waals surface area contributed by atoms with Gasteiger partial charge in [0, 0.05) is 18.3 Å². The van der Waals surface area contributed by atoms with Gasteiger partial charge in [0.2, 0.25) is 0 Å². The van der Waals surface area contributed by atoms with Crippen molar-refractivity contribution in [1.29, 1.82) is 0 Å². The zero-order valence-electron chi connectivity index (χ0n) is 19.8. The van der Waals surface area contributed by atoms with Gasteiger partial charge in [-0.25, -0.2) is 4.79 Å². The Bertz CT molecular complexity index is 1210. The van der Waals surface area contributed by atoms with E-state index in [1.807, 2.05) is 18.2 Å². The molecule has 0 radical (unpaired) electrons. The summed E-state index contributed by atoms with van der Waals surface area (Å²) in [6.07, 6.45) is 8.02. The molecule has 174 valence electrons. The van der Waals surface area contributed by atoms with Crippen LogP contribution in [0.15, 0.2) is 72.8 Å². The molecule has 3 aromatic carbocycles. The van der Waals surface area contributed by atoms with Gasteiger partial charge in [0.25, 0.3) is 0 Å². The van der Waals surface area contributed by atoms with E-state index in [1.165, 1.54) is 54.8 Å². The molecule has 4 heteroatoms. The number of carbonyl (C=O) groups is 1. The first kappa shape index (κ1) is 22.3.